The smallest absolute Gasteiger partial charge is 0.321 e. The van der Waals surface area contributed by atoms with Crippen molar-refractivity contribution >= 4 is 28.0 Å². The zero-order chi connectivity index (χ0) is 19.9. The molecular formula is C18H26N4O4S. The molecule has 0 spiro atoms. The van der Waals surface area contributed by atoms with Gasteiger partial charge in [0.05, 0.1) is 6.54 Å². The van der Waals surface area contributed by atoms with E-state index in [0.717, 1.165) is 5.56 Å². The Balaban J connectivity index is 1.81. The van der Waals surface area contributed by atoms with E-state index in [1.807, 2.05) is 35.2 Å². The number of sulfonamides is 1. The van der Waals surface area contributed by atoms with Crippen LogP contribution >= 0.6 is 0 Å². The first kappa shape index (κ1) is 21.1. The average Bonchev–Trinajstić information content (AvgIpc) is 2.60. The van der Waals surface area contributed by atoms with Gasteiger partial charge < -0.3 is 5.32 Å². The van der Waals surface area contributed by atoms with Crippen LogP contribution in [0, 0.1) is 0 Å². The molecule has 8 nitrogen and oxygen atoms in total. The van der Waals surface area contributed by atoms with Gasteiger partial charge in [-0.1, -0.05) is 30.3 Å². The Bertz CT molecular complexity index is 770. The normalized spacial score (nSPS) is 16.6. The molecule has 0 unspecified atom stereocenters. The van der Waals surface area contributed by atoms with Gasteiger partial charge in [-0.3, -0.25) is 15.0 Å². The number of nitrogens with one attached hydrogen (secondary N) is 2. The summed E-state index contributed by atoms with van der Waals surface area (Å²) in [5.74, 6) is -0.409. The Kier molecular flexibility index (Phi) is 7.52. The predicted molar refractivity (Wildman–Crippen MR) is 104 cm³/mol. The predicted octanol–water partition coefficient (Wildman–Crippen LogP) is 0.839. The number of hydrogen-bond acceptors (Lipinski definition) is 5. The zero-order valence-electron chi connectivity index (χ0n) is 15.6. The fourth-order valence-electron chi connectivity index (χ4n) is 2.62. The molecule has 1 fully saturated rings. The summed E-state index contributed by atoms with van der Waals surface area (Å²) in [6.45, 7) is 5.11. The van der Waals surface area contributed by atoms with Crippen LogP contribution in [0.2, 0.25) is 0 Å². The minimum absolute atomic E-state index is 0.0548. The molecule has 1 aromatic rings. The van der Waals surface area contributed by atoms with E-state index >= 15 is 0 Å². The highest BCUT2D eigenvalue weighted by Crippen LogP contribution is 2.11. The van der Waals surface area contributed by atoms with Crippen LogP contribution in [-0.2, 0) is 14.8 Å². The van der Waals surface area contributed by atoms with E-state index in [-0.39, 0.29) is 12.6 Å². The Labute approximate surface area is 160 Å². The second kappa shape index (κ2) is 9.63. The van der Waals surface area contributed by atoms with E-state index in [1.54, 1.807) is 19.9 Å². The molecule has 0 aromatic heterocycles. The van der Waals surface area contributed by atoms with Crippen LogP contribution in [0.5, 0.6) is 0 Å². The van der Waals surface area contributed by atoms with Crippen LogP contribution in [0.15, 0.2) is 35.7 Å². The fourth-order valence-corrected chi connectivity index (χ4v) is 3.80. The van der Waals surface area contributed by atoms with Crippen molar-refractivity contribution in [3.05, 3.63) is 41.3 Å². The van der Waals surface area contributed by atoms with Gasteiger partial charge >= 0.3 is 6.03 Å². The van der Waals surface area contributed by atoms with Crippen LogP contribution < -0.4 is 10.6 Å². The van der Waals surface area contributed by atoms with Crippen LogP contribution in [0.1, 0.15) is 19.4 Å². The van der Waals surface area contributed by atoms with Gasteiger partial charge in [0.2, 0.25) is 15.9 Å². The SMILES string of the molecule is CC(C)NC(=O)NC(=O)CN1CCN(S(=O)(=O)/C=C/c2ccccc2)CC1. The summed E-state index contributed by atoms with van der Waals surface area (Å²) < 4.78 is 26.2. The van der Waals surface area contributed by atoms with Crippen molar-refractivity contribution in [2.75, 3.05) is 32.7 Å². The van der Waals surface area contributed by atoms with Crippen molar-refractivity contribution in [3.63, 3.8) is 0 Å². The molecule has 0 bridgehead atoms. The van der Waals surface area contributed by atoms with Crippen LogP contribution in [0.4, 0.5) is 4.79 Å². The maximum absolute atomic E-state index is 12.4. The van der Waals surface area contributed by atoms with Gasteiger partial charge in [0, 0.05) is 37.6 Å². The summed E-state index contributed by atoms with van der Waals surface area (Å²) >= 11 is 0. The average molecular weight is 394 g/mol. The lowest BCUT2D eigenvalue weighted by Gasteiger charge is -2.32. The van der Waals surface area contributed by atoms with E-state index in [1.165, 1.54) is 9.71 Å². The summed E-state index contributed by atoms with van der Waals surface area (Å²) in [6.07, 6.45) is 1.57. The molecule has 1 heterocycles. The first-order chi connectivity index (χ1) is 12.8. The lowest BCUT2D eigenvalue weighted by molar-refractivity contribution is -0.121. The molecule has 2 N–H and O–H groups in total. The number of amides is 3. The molecule has 3 amide bonds. The van der Waals surface area contributed by atoms with E-state index in [0.29, 0.717) is 26.2 Å². The largest absolute Gasteiger partial charge is 0.336 e. The van der Waals surface area contributed by atoms with E-state index in [9.17, 15) is 18.0 Å². The van der Waals surface area contributed by atoms with E-state index in [4.69, 9.17) is 0 Å². The highest BCUT2D eigenvalue weighted by molar-refractivity contribution is 7.92. The lowest BCUT2D eigenvalue weighted by Crippen LogP contribution is -2.52. The topological polar surface area (TPSA) is 98.8 Å². The van der Waals surface area contributed by atoms with Crippen molar-refractivity contribution in [1.29, 1.82) is 0 Å². The van der Waals surface area contributed by atoms with Crippen molar-refractivity contribution in [2.45, 2.75) is 19.9 Å². The Morgan fingerprint density at radius 2 is 1.74 bits per heavy atom. The first-order valence-corrected chi connectivity index (χ1v) is 10.3. The number of imide groups is 1. The van der Waals surface area contributed by atoms with Crippen LogP contribution in [0.3, 0.4) is 0 Å². The Morgan fingerprint density at radius 1 is 1.11 bits per heavy atom. The zero-order valence-corrected chi connectivity index (χ0v) is 16.4. The van der Waals surface area contributed by atoms with Gasteiger partial charge in [-0.25, -0.2) is 13.2 Å². The second-order valence-electron chi connectivity index (χ2n) is 6.61. The molecule has 27 heavy (non-hydrogen) atoms. The number of nitrogens with zero attached hydrogens (tertiary/aromatic N) is 2. The van der Waals surface area contributed by atoms with E-state index < -0.39 is 22.0 Å². The molecule has 0 radical (unpaired) electrons. The summed E-state index contributed by atoms with van der Waals surface area (Å²) in [7, 11) is -3.50. The molecule has 1 saturated heterocycles. The van der Waals surface area contributed by atoms with E-state index in [2.05, 4.69) is 10.6 Å². The van der Waals surface area contributed by atoms with Crippen LogP contribution in [0.25, 0.3) is 6.08 Å². The molecule has 1 aliphatic rings. The third-order valence-corrected chi connectivity index (χ3v) is 5.53. The van der Waals surface area contributed by atoms with Gasteiger partial charge in [-0.05, 0) is 25.5 Å². The molecule has 1 aromatic carbocycles. The molecule has 1 aliphatic heterocycles. The van der Waals surface area contributed by atoms with Crippen molar-refractivity contribution in [2.24, 2.45) is 0 Å². The summed E-state index contributed by atoms with van der Waals surface area (Å²) in [5, 5.41) is 6.05. The Morgan fingerprint density at radius 3 is 2.33 bits per heavy atom. The highest BCUT2D eigenvalue weighted by atomic mass is 32.2. The van der Waals surface area contributed by atoms with Gasteiger partial charge in [-0.15, -0.1) is 0 Å². The standard InChI is InChI=1S/C18H26N4O4S/c1-15(2)19-18(24)20-17(23)14-21-9-11-22(12-10-21)27(25,26)13-8-16-6-4-3-5-7-16/h3-8,13,15H,9-12,14H2,1-2H3,(H2,19,20,23,24)/b13-8+. The minimum Gasteiger partial charge on any atom is -0.336 e. The van der Waals surface area contributed by atoms with Crippen LogP contribution in [-0.4, -0.2) is 68.3 Å². The van der Waals surface area contributed by atoms with Crippen molar-refractivity contribution in [3.8, 4) is 0 Å². The molecule has 2 rings (SSSR count). The maximum Gasteiger partial charge on any atom is 0.321 e. The molecule has 0 aliphatic carbocycles. The quantitative estimate of drug-likeness (QED) is 0.745. The van der Waals surface area contributed by atoms with Crippen molar-refractivity contribution < 1.29 is 18.0 Å². The summed E-state index contributed by atoms with van der Waals surface area (Å²) in [5.41, 5.74) is 0.816. The lowest BCUT2D eigenvalue weighted by atomic mass is 10.2. The minimum atomic E-state index is -3.50. The number of carbonyl (C=O) groups excluding carboxylic acids is 2. The number of urea groups is 1. The number of hydrogen-bond donors (Lipinski definition) is 2. The maximum atomic E-state index is 12.4. The molecular weight excluding hydrogens is 368 g/mol. The number of carbonyl (C=O) groups is 2. The van der Waals surface area contributed by atoms with Gasteiger partial charge in [0.15, 0.2) is 0 Å². The van der Waals surface area contributed by atoms with Crippen molar-refractivity contribution in [1.82, 2.24) is 19.8 Å². The molecule has 148 valence electrons. The number of benzene rings is 1. The third kappa shape index (κ3) is 7.12. The third-order valence-electron chi connectivity index (χ3n) is 3.96. The summed E-state index contributed by atoms with van der Waals surface area (Å²) in [6, 6.07) is 8.64. The number of rotatable bonds is 6. The molecule has 0 atom stereocenters. The Hall–Kier alpha value is -2.23. The summed E-state index contributed by atoms with van der Waals surface area (Å²) in [4.78, 5) is 25.2. The number of piperazine rings is 1. The van der Waals surface area contributed by atoms with Gasteiger partial charge in [0.25, 0.3) is 0 Å². The second-order valence-corrected chi connectivity index (χ2v) is 8.43. The fraction of sp³-hybridized carbons (Fsp3) is 0.444. The van der Waals surface area contributed by atoms with Gasteiger partial charge in [-0.2, -0.15) is 4.31 Å². The first-order valence-electron chi connectivity index (χ1n) is 8.82. The highest BCUT2D eigenvalue weighted by Gasteiger charge is 2.26. The monoisotopic (exact) mass is 394 g/mol. The van der Waals surface area contributed by atoms with Gasteiger partial charge in [0.1, 0.15) is 0 Å². The molecule has 9 heteroatoms. The molecule has 0 saturated carbocycles.